The molecule has 3 heteroatoms. The van der Waals surface area contributed by atoms with Gasteiger partial charge in [-0.25, -0.2) is 0 Å². The quantitative estimate of drug-likeness (QED) is 0.616. The van der Waals surface area contributed by atoms with Gasteiger partial charge >= 0.3 is 0 Å². The van der Waals surface area contributed by atoms with Crippen LogP contribution in [0.5, 0.6) is 0 Å². The van der Waals surface area contributed by atoms with E-state index in [1.54, 1.807) is 0 Å². The molecule has 0 amide bonds. The largest absolute Gasteiger partial charge is 0.413 e. The molecule has 0 bridgehead atoms. The second-order valence-electron chi connectivity index (χ2n) is 6.72. The van der Waals surface area contributed by atoms with E-state index in [9.17, 15) is 0 Å². The predicted molar refractivity (Wildman–Crippen MR) is 113 cm³/mol. The van der Waals surface area contributed by atoms with Gasteiger partial charge in [0.2, 0.25) is 8.32 Å². The first-order valence-electron chi connectivity index (χ1n) is 9.22. The van der Waals surface area contributed by atoms with Crippen LogP contribution < -0.4 is 10.1 Å². The maximum absolute atomic E-state index is 5.97. The van der Waals surface area contributed by atoms with E-state index in [0.29, 0.717) is 0 Å². The minimum absolute atomic E-state index is 0.770. The van der Waals surface area contributed by atoms with E-state index in [1.807, 2.05) is 0 Å². The van der Waals surface area contributed by atoms with Gasteiger partial charge in [0.25, 0.3) is 0 Å². The maximum Gasteiger partial charge on any atom is 0.218 e. The molecular weight excluding hydrogens is 322 g/mol. The van der Waals surface area contributed by atoms with Gasteiger partial charge in [0, 0.05) is 25.4 Å². The molecule has 0 N–H and O–H groups in total. The lowest BCUT2D eigenvalue weighted by molar-refractivity contribution is 0.339. The average Bonchev–Trinajstić information content (AvgIpc) is 2.63. The molecule has 0 spiro atoms. The molecule has 134 valence electrons. The van der Waals surface area contributed by atoms with E-state index < -0.39 is 8.32 Å². The minimum Gasteiger partial charge on any atom is -0.413 e. The van der Waals surface area contributed by atoms with Crippen LogP contribution >= 0.6 is 0 Å². The summed E-state index contributed by atoms with van der Waals surface area (Å²) in [5.41, 5.74) is 4.67. The third-order valence-corrected chi connectivity index (χ3v) is 7.51. The molecule has 0 aliphatic rings. The van der Waals surface area contributed by atoms with Crippen molar-refractivity contribution in [3.63, 3.8) is 0 Å². The second kappa shape index (κ2) is 8.50. The summed E-state index contributed by atoms with van der Waals surface area (Å²) in [6.45, 7) is 18.0. The molecule has 2 aromatic carbocycles. The molecule has 2 rings (SSSR count). The second-order valence-corrected chi connectivity index (χ2v) is 10.6. The summed E-state index contributed by atoms with van der Waals surface area (Å²) in [4.78, 5) is 2.35. The Kier molecular flexibility index (Phi) is 6.62. The van der Waals surface area contributed by atoms with Crippen LogP contribution in [-0.2, 0) is 4.43 Å². The van der Waals surface area contributed by atoms with Crippen molar-refractivity contribution < 1.29 is 4.43 Å². The number of nitrogens with zero attached hydrogens (tertiary/aromatic N) is 1. The zero-order valence-electron chi connectivity index (χ0n) is 16.3. The van der Waals surface area contributed by atoms with Gasteiger partial charge in [0.15, 0.2) is 0 Å². The highest BCUT2D eigenvalue weighted by Gasteiger charge is 2.24. The number of anilines is 1. The van der Waals surface area contributed by atoms with E-state index in [1.165, 1.54) is 22.0 Å². The monoisotopic (exact) mass is 353 g/mol. The Balaban J connectivity index is 2.18. The molecule has 0 atom stereocenters. The summed E-state index contributed by atoms with van der Waals surface area (Å²) in [6.07, 6.45) is 0. The molecular formula is C22H31NOSi. The smallest absolute Gasteiger partial charge is 0.218 e. The highest BCUT2D eigenvalue weighted by Crippen LogP contribution is 2.24. The molecule has 0 saturated heterocycles. The Labute approximate surface area is 154 Å². The number of hydrogen-bond acceptors (Lipinski definition) is 2. The van der Waals surface area contributed by atoms with Gasteiger partial charge < -0.3 is 9.33 Å². The van der Waals surface area contributed by atoms with Crippen molar-refractivity contribution in [2.24, 2.45) is 0 Å². The van der Waals surface area contributed by atoms with Crippen LogP contribution in [-0.4, -0.2) is 28.0 Å². The molecule has 0 aromatic heterocycles. The standard InChI is InChI=1S/C22H31NOSi/c1-7-23(8-2)21-14-10-19(11-15-21)18(4)20-12-16-22(17-13-20)25(5,6)24-9-3/h10-17H,4,7-9H2,1-3,5-6H3. The van der Waals surface area contributed by atoms with Crippen molar-refractivity contribution in [1.82, 2.24) is 0 Å². The normalized spacial score (nSPS) is 11.4. The fourth-order valence-corrected chi connectivity index (χ4v) is 5.00. The Bertz CT molecular complexity index is 685. The molecule has 2 aromatic rings. The topological polar surface area (TPSA) is 12.5 Å². The van der Waals surface area contributed by atoms with Crippen LogP contribution in [0.4, 0.5) is 5.69 Å². The summed E-state index contributed by atoms with van der Waals surface area (Å²) in [5.74, 6) is 0. The lowest BCUT2D eigenvalue weighted by Gasteiger charge is -2.23. The molecule has 0 radical (unpaired) electrons. The van der Waals surface area contributed by atoms with Crippen molar-refractivity contribution in [3.8, 4) is 0 Å². The lowest BCUT2D eigenvalue weighted by atomic mass is 9.99. The Hall–Kier alpha value is -1.84. The van der Waals surface area contributed by atoms with Gasteiger partial charge in [-0.15, -0.1) is 0 Å². The average molecular weight is 354 g/mol. The van der Waals surface area contributed by atoms with Gasteiger partial charge in [-0.2, -0.15) is 0 Å². The Morgan fingerprint density at radius 3 is 1.80 bits per heavy atom. The molecule has 0 saturated carbocycles. The first kappa shape index (κ1) is 19.5. The first-order chi connectivity index (χ1) is 11.9. The third kappa shape index (κ3) is 4.62. The van der Waals surface area contributed by atoms with E-state index in [4.69, 9.17) is 4.43 Å². The van der Waals surface area contributed by atoms with Crippen LogP contribution in [0.25, 0.3) is 5.57 Å². The summed E-state index contributed by atoms with van der Waals surface area (Å²) < 4.78 is 5.97. The molecule has 0 unspecified atom stereocenters. The molecule has 25 heavy (non-hydrogen) atoms. The first-order valence-corrected chi connectivity index (χ1v) is 12.1. The third-order valence-electron chi connectivity index (χ3n) is 4.78. The van der Waals surface area contributed by atoms with Crippen molar-refractivity contribution in [2.75, 3.05) is 24.6 Å². The van der Waals surface area contributed by atoms with Gasteiger partial charge in [-0.05, 0) is 67.9 Å². The molecule has 0 heterocycles. The van der Waals surface area contributed by atoms with Crippen LogP contribution in [0.1, 0.15) is 31.9 Å². The highest BCUT2D eigenvalue weighted by atomic mass is 28.4. The van der Waals surface area contributed by atoms with Crippen LogP contribution in [0.3, 0.4) is 0 Å². The number of hydrogen-bond donors (Lipinski definition) is 0. The summed E-state index contributed by atoms with van der Waals surface area (Å²) in [6, 6.07) is 17.5. The fraction of sp³-hybridized carbons (Fsp3) is 0.364. The molecule has 0 aliphatic carbocycles. The zero-order chi connectivity index (χ0) is 18.4. The van der Waals surface area contributed by atoms with Gasteiger partial charge in [-0.1, -0.05) is 43.0 Å². The highest BCUT2D eigenvalue weighted by molar-refractivity contribution is 6.84. The minimum atomic E-state index is -1.78. The summed E-state index contributed by atoms with van der Waals surface area (Å²) >= 11 is 0. The molecule has 0 fully saturated rings. The Morgan fingerprint density at radius 2 is 1.36 bits per heavy atom. The zero-order valence-corrected chi connectivity index (χ0v) is 17.3. The van der Waals surface area contributed by atoms with Crippen LogP contribution in [0, 0.1) is 0 Å². The van der Waals surface area contributed by atoms with Crippen molar-refractivity contribution in [1.29, 1.82) is 0 Å². The van der Waals surface area contributed by atoms with E-state index in [0.717, 1.165) is 25.3 Å². The predicted octanol–water partition coefficient (Wildman–Crippen LogP) is 5.04. The van der Waals surface area contributed by atoms with Crippen LogP contribution in [0.15, 0.2) is 55.1 Å². The van der Waals surface area contributed by atoms with Crippen molar-refractivity contribution in [2.45, 2.75) is 33.9 Å². The maximum atomic E-state index is 5.97. The summed E-state index contributed by atoms with van der Waals surface area (Å²) in [5, 5.41) is 1.32. The van der Waals surface area contributed by atoms with Crippen LogP contribution in [0.2, 0.25) is 13.1 Å². The van der Waals surface area contributed by atoms with Gasteiger partial charge in [0.1, 0.15) is 0 Å². The van der Waals surface area contributed by atoms with Gasteiger partial charge in [-0.3, -0.25) is 0 Å². The fourth-order valence-electron chi connectivity index (χ4n) is 3.15. The van der Waals surface area contributed by atoms with Crippen molar-refractivity contribution in [3.05, 3.63) is 66.2 Å². The van der Waals surface area contributed by atoms with E-state index in [2.05, 4.69) is 93.9 Å². The molecule has 0 aliphatic heterocycles. The lowest BCUT2D eigenvalue weighted by Crippen LogP contribution is -2.44. The molecule has 2 nitrogen and oxygen atoms in total. The van der Waals surface area contributed by atoms with Gasteiger partial charge in [0.05, 0.1) is 0 Å². The number of rotatable bonds is 8. The number of benzene rings is 2. The van der Waals surface area contributed by atoms with E-state index >= 15 is 0 Å². The Morgan fingerprint density at radius 1 is 0.880 bits per heavy atom. The summed E-state index contributed by atoms with van der Waals surface area (Å²) in [7, 11) is -1.78. The van der Waals surface area contributed by atoms with E-state index in [-0.39, 0.29) is 0 Å². The van der Waals surface area contributed by atoms with Crippen molar-refractivity contribution >= 4 is 24.8 Å². The SMILES string of the molecule is C=C(c1ccc(N(CC)CC)cc1)c1ccc([Si](C)(C)OCC)cc1.